The Labute approximate surface area is 108 Å². The maximum absolute atomic E-state index is 11.3. The summed E-state index contributed by atoms with van der Waals surface area (Å²) in [5.41, 5.74) is -2.74. The van der Waals surface area contributed by atoms with E-state index >= 15 is 0 Å². The van der Waals surface area contributed by atoms with Gasteiger partial charge in [0.1, 0.15) is 6.10 Å². The molecule has 2 unspecified atom stereocenters. The predicted molar refractivity (Wildman–Crippen MR) is 60.3 cm³/mol. The van der Waals surface area contributed by atoms with Crippen molar-refractivity contribution in [3.63, 3.8) is 0 Å². The smallest absolute Gasteiger partial charge is 0.336 e. The summed E-state index contributed by atoms with van der Waals surface area (Å²) in [4.78, 5) is 32.4. The lowest BCUT2D eigenvalue weighted by molar-refractivity contribution is -0.173. The van der Waals surface area contributed by atoms with E-state index in [4.69, 9.17) is 15.3 Å². The lowest BCUT2D eigenvalue weighted by Gasteiger charge is -2.21. The first kappa shape index (κ1) is 16.7. The first-order valence-corrected chi connectivity index (χ1v) is 5.47. The molecule has 0 aromatic heterocycles. The van der Waals surface area contributed by atoms with Gasteiger partial charge in [0.25, 0.3) is 0 Å². The first-order chi connectivity index (χ1) is 8.25. The normalized spacial score (nSPS) is 15.5. The van der Waals surface area contributed by atoms with Gasteiger partial charge in [-0.1, -0.05) is 0 Å². The third-order valence-electron chi connectivity index (χ3n) is 1.98. The summed E-state index contributed by atoms with van der Waals surface area (Å²) in [5.74, 6) is -4.53. The van der Waals surface area contributed by atoms with Gasteiger partial charge < -0.3 is 25.2 Å². The Balaban J connectivity index is 4.64. The van der Waals surface area contributed by atoms with Crippen LogP contribution in [0.1, 0.15) is 12.8 Å². The van der Waals surface area contributed by atoms with Crippen LogP contribution in [0.2, 0.25) is 0 Å². The van der Waals surface area contributed by atoms with Gasteiger partial charge in [-0.3, -0.25) is 9.59 Å². The second-order valence-corrected chi connectivity index (χ2v) is 3.93. The number of hydrogen-bond acceptors (Lipinski definition) is 7. The Hall–Kier alpha value is -1.32. The summed E-state index contributed by atoms with van der Waals surface area (Å²) < 4.78 is 4.59. The molecule has 0 bridgehead atoms. The topological polar surface area (TPSA) is 141 Å². The van der Waals surface area contributed by atoms with Crippen molar-refractivity contribution in [3.8, 4) is 0 Å². The fraction of sp³-hybridized carbons (Fsp3) is 0.667. The van der Waals surface area contributed by atoms with Gasteiger partial charge in [-0.15, -0.1) is 0 Å². The van der Waals surface area contributed by atoms with Crippen molar-refractivity contribution in [2.24, 2.45) is 0 Å². The molecule has 0 aromatic carbocycles. The lowest BCUT2D eigenvalue weighted by atomic mass is 9.96. The summed E-state index contributed by atoms with van der Waals surface area (Å²) in [6, 6.07) is 0. The third-order valence-corrected chi connectivity index (χ3v) is 2.39. The highest BCUT2D eigenvalue weighted by atomic mass is 32.1. The third kappa shape index (κ3) is 5.34. The fourth-order valence-electron chi connectivity index (χ4n) is 1.06. The quantitative estimate of drug-likeness (QED) is 0.267. The number of carboxylic acid groups (broad SMARTS) is 2. The number of thiol groups is 1. The number of ether oxygens (including phenoxy) is 1. The van der Waals surface area contributed by atoms with Crippen LogP contribution in [0.5, 0.6) is 0 Å². The number of esters is 1. The molecule has 0 radical (unpaired) electrons. The highest BCUT2D eigenvalue weighted by Crippen LogP contribution is 2.17. The number of rotatable bonds is 8. The zero-order chi connectivity index (χ0) is 14.3. The summed E-state index contributed by atoms with van der Waals surface area (Å²) >= 11 is 3.77. The van der Waals surface area contributed by atoms with Crippen molar-refractivity contribution in [2.45, 2.75) is 24.5 Å². The zero-order valence-electron chi connectivity index (χ0n) is 9.27. The van der Waals surface area contributed by atoms with Gasteiger partial charge >= 0.3 is 17.9 Å². The van der Waals surface area contributed by atoms with Gasteiger partial charge in [0.2, 0.25) is 0 Å². The van der Waals surface area contributed by atoms with Crippen LogP contribution in [0.25, 0.3) is 0 Å². The molecule has 0 fully saturated rings. The highest BCUT2D eigenvalue weighted by molar-refractivity contribution is 7.80. The van der Waals surface area contributed by atoms with E-state index in [-0.39, 0.29) is 5.75 Å². The molecule has 4 N–H and O–H groups in total. The molecule has 0 saturated carbocycles. The Bertz CT molecular complexity index is 327. The molecule has 0 heterocycles. The minimum Gasteiger partial charge on any atom is -0.481 e. The Kier molecular flexibility index (Phi) is 6.66. The van der Waals surface area contributed by atoms with E-state index in [0.717, 1.165) is 0 Å². The van der Waals surface area contributed by atoms with Gasteiger partial charge in [-0.05, 0) is 0 Å². The molecule has 0 rings (SSSR count). The largest absolute Gasteiger partial charge is 0.481 e. The van der Waals surface area contributed by atoms with Crippen LogP contribution in [0.4, 0.5) is 0 Å². The van der Waals surface area contributed by atoms with Gasteiger partial charge in [0, 0.05) is 5.75 Å². The second kappa shape index (κ2) is 7.19. The van der Waals surface area contributed by atoms with Gasteiger partial charge in [0.05, 0.1) is 19.4 Å². The van der Waals surface area contributed by atoms with Crippen molar-refractivity contribution in [2.75, 3.05) is 12.4 Å². The maximum Gasteiger partial charge on any atom is 0.336 e. The number of aliphatic carboxylic acids is 2. The van der Waals surface area contributed by atoms with Gasteiger partial charge in [-0.25, -0.2) is 4.79 Å². The first-order valence-electron chi connectivity index (χ1n) is 4.84. The molecule has 18 heavy (non-hydrogen) atoms. The molecule has 9 heteroatoms. The fourth-order valence-corrected chi connectivity index (χ4v) is 1.25. The lowest BCUT2D eigenvalue weighted by Crippen LogP contribution is -2.43. The van der Waals surface area contributed by atoms with Crippen LogP contribution in [0.3, 0.4) is 0 Å². The molecule has 0 saturated heterocycles. The van der Waals surface area contributed by atoms with Crippen LogP contribution in [-0.4, -0.2) is 62.4 Å². The van der Waals surface area contributed by atoms with Crippen LogP contribution >= 0.6 is 12.6 Å². The van der Waals surface area contributed by atoms with E-state index in [1.807, 2.05) is 0 Å². The van der Waals surface area contributed by atoms with Gasteiger partial charge in [0.15, 0.2) is 5.60 Å². The Morgan fingerprint density at radius 3 is 2.11 bits per heavy atom. The van der Waals surface area contributed by atoms with E-state index in [9.17, 15) is 19.5 Å². The number of carbonyl (C=O) groups excluding carboxylic acids is 1. The number of carbonyl (C=O) groups is 3. The summed E-state index contributed by atoms with van der Waals surface area (Å²) in [5, 5.41) is 35.4. The van der Waals surface area contributed by atoms with E-state index in [0.29, 0.717) is 0 Å². The molecule has 0 aromatic rings. The number of carboxylic acids is 2. The number of aliphatic hydroxyl groups is 2. The van der Waals surface area contributed by atoms with Crippen LogP contribution in [0, 0.1) is 0 Å². The van der Waals surface area contributed by atoms with Crippen molar-refractivity contribution in [3.05, 3.63) is 0 Å². The summed E-state index contributed by atoms with van der Waals surface area (Å²) in [7, 11) is 0. The Morgan fingerprint density at radius 2 is 1.78 bits per heavy atom. The molecule has 2 atom stereocenters. The van der Waals surface area contributed by atoms with Crippen LogP contribution in [0.15, 0.2) is 0 Å². The Morgan fingerprint density at radius 1 is 1.22 bits per heavy atom. The highest BCUT2D eigenvalue weighted by Gasteiger charge is 2.41. The molecular weight excluding hydrogens is 268 g/mol. The summed E-state index contributed by atoms with van der Waals surface area (Å²) in [6.45, 7) is -0.514. The number of hydrogen-bond donors (Lipinski definition) is 5. The second-order valence-electron chi connectivity index (χ2n) is 3.56. The monoisotopic (exact) mass is 282 g/mol. The SMILES string of the molecule is O=C(O)CC(O)(CC(=O)OC(CO)CS)C(=O)O. The standard InChI is InChI=1S/C9H14O8S/c10-3-5(4-18)17-7(13)2-9(16,8(14)15)1-6(11)12/h5,10,16,18H,1-4H2,(H,11,12)(H,14,15). The molecule has 0 aliphatic rings. The van der Waals surface area contributed by atoms with E-state index in [2.05, 4.69) is 17.4 Å². The zero-order valence-corrected chi connectivity index (χ0v) is 10.2. The number of aliphatic hydroxyl groups excluding tert-OH is 1. The van der Waals surface area contributed by atoms with Crippen molar-refractivity contribution in [1.29, 1.82) is 0 Å². The molecule has 0 spiro atoms. The molecule has 104 valence electrons. The summed E-state index contributed by atoms with van der Waals surface area (Å²) in [6.07, 6.45) is -3.11. The van der Waals surface area contributed by atoms with E-state index in [1.54, 1.807) is 0 Å². The minimum absolute atomic E-state index is 0.00662. The predicted octanol–water partition coefficient (Wildman–Crippen LogP) is -1.50. The van der Waals surface area contributed by atoms with Crippen LogP contribution < -0.4 is 0 Å². The molecule has 0 amide bonds. The van der Waals surface area contributed by atoms with Crippen LogP contribution in [-0.2, 0) is 19.1 Å². The maximum atomic E-state index is 11.3. The average Bonchev–Trinajstić information content (AvgIpc) is 2.24. The molecule has 8 nitrogen and oxygen atoms in total. The van der Waals surface area contributed by atoms with E-state index < -0.39 is 49.1 Å². The molecular formula is C9H14O8S. The molecule has 0 aliphatic heterocycles. The van der Waals surface area contributed by atoms with Gasteiger partial charge in [-0.2, -0.15) is 12.6 Å². The van der Waals surface area contributed by atoms with E-state index in [1.165, 1.54) is 0 Å². The minimum atomic E-state index is -2.74. The molecule has 0 aliphatic carbocycles. The van der Waals surface area contributed by atoms with Crippen molar-refractivity contribution >= 4 is 30.5 Å². The van der Waals surface area contributed by atoms with Crippen molar-refractivity contribution in [1.82, 2.24) is 0 Å². The van der Waals surface area contributed by atoms with Crippen molar-refractivity contribution < 1.29 is 39.5 Å². The average molecular weight is 282 g/mol.